The predicted molar refractivity (Wildman–Crippen MR) is 129 cm³/mol. The lowest BCUT2D eigenvalue weighted by Gasteiger charge is -2.42. The van der Waals surface area contributed by atoms with E-state index in [9.17, 15) is 9.59 Å². The number of imide groups is 1. The van der Waals surface area contributed by atoms with Crippen LogP contribution in [0, 0.1) is 6.92 Å². The maximum Gasteiger partial charge on any atom is 0.332 e. The highest BCUT2D eigenvalue weighted by atomic mass is 16.5. The number of anilines is 1. The van der Waals surface area contributed by atoms with Crippen LogP contribution in [0.25, 0.3) is 0 Å². The number of carbonyl (C=O) groups is 2. The van der Waals surface area contributed by atoms with Crippen molar-refractivity contribution in [1.29, 1.82) is 0 Å². The number of benzene rings is 2. The van der Waals surface area contributed by atoms with E-state index in [4.69, 9.17) is 9.47 Å². The van der Waals surface area contributed by atoms with Gasteiger partial charge in [0.05, 0.1) is 19.9 Å². The maximum absolute atomic E-state index is 13.4. The smallest absolute Gasteiger partial charge is 0.332 e. The first-order valence-corrected chi connectivity index (χ1v) is 11.5. The van der Waals surface area contributed by atoms with E-state index < -0.39 is 0 Å². The molecule has 6 nitrogen and oxygen atoms in total. The third kappa shape index (κ3) is 3.96. The molecule has 1 aliphatic heterocycles. The number of urea groups is 1. The van der Waals surface area contributed by atoms with Crippen LogP contribution in [0.5, 0.6) is 11.5 Å². The number of hydrogen-bond donors (Lipinski definition) is 0. The molecule has 0 bridgehead atoms. The van der Waals surface area contributed by atoms with Crippen LogP contribution in [0.1, 0.15) is 62.8 Å². The maximum atomic E-state index is 13.4. The summed E-state index contributed by atoms with van der Waals surface area (Å²) in [6.45, 7) is 11.4. The Morgan fingerprint density at radius 1 is 0.879 bits per heavy atom. The Morgan fingerprint density at radius 3 is 2.09 bits per heavy atom. The van der Waals surface area contributed by atoms with Crippen molar-refractivity contribution >= 4 is 17.6 Å². The Kier molecular flexibility index (Phi) is 5.67. The Morgan fingerprint density at radius 2 is 1.48 bits per heavy atom. The van der Waals surface area contributed by atoms with Gasteiger partial charge in [0.1, 0.15) is 6.54 Å². The van der Waals surface area contributed by atoms with Gasteiger partial charge >= 0.3 is 6.03 Å². The zero-order valence-electron chi connectivity index (χ0n) is 20.7. The normalized spacial score (nSPS) is 19.0. The Labute approximate surface area is 196 Å². The Hall–Kier alpha value is -3.02. The zero-order chi connectivity index (χ0) is 24.1. The van der Waals surface area contributed by atoms with Crippen LogP contribution in [-0.2, 0) is 22.2 Å². The molecule has 176 valence electrons. The van der Waals surface area contributed by atoms with Crippen LogP contribution >= 0.6 is 0 Å². The lowest BCUT2D eigenvalue weighted by atomic mass is 9.63. The summed E-state index contributed by atoms with van der Waals surface area (Å²) >= 11 is 0. The predicted octanol–water partition coefficient (Wildman–Crippen LogP) is 5.33. The van der Waals surface area contributed by atoms with Crippen LogP contribution in [0.4, 0.5) is 10.5 Å². The van der Waals surface area contributed by atoms with Gasteiger partial charge in [0.15, 0.2) is 11.5 Å². The molecule has 0 spiro atoms. The average molecular weight is 451 g/mol. The van der Waals surface area contributed by atoms with Crippen molar-refractivity contribution in [3.05, 3.63) is 52.6 Å². The summed E-state index contributed by atoms with van der Waals surface area (Å²) in [6, 6.07) is 9.52. The fraction of sp³-hybridized carbons (Fsp3) is 0.481. The molecule has 33 heavy (non-hydrogen) atoms. The van der Waals surface area contributed by atoms with Gasteiger partial charge in [-0.3, -0.25) is 4.79 Å². The third-order valence-electron chi connectivity index (χ3n) is 7.27. The summed E-state index contributed by atoms with van der Waals surface area (Å²) in [7, 11) is 3.16. The molecule has 2 aromatic rings. The van der Waals surface area contributed by atoms with Gasteiger partial charge in [-0.25, -0.2) is 9.69 Å². The minimum atomic E-state index is -0.286. The summed E-state index contributed by atoms with van der Waals surface area (Å²) in [5, 5.41) is 0. The molecular formula is C27H34N2O4. The van der Waals surface area contributed by atoms with Crippen molar-refractivity contribution in [2.45, 2.75) is 64.8 Å². The highest BCUT2D eigenvalue weighted by molar-refractivity contribution is 6.20. The number of carbonyl (C=O) groups excluding carboxylic acids is 2. The molecule has 3 amide bonds. The van der Waals surface area contributed by atoms with Crippen molar-refractivity contribution in [2.75, 3.05) is 25.7 Å². The molecule has 0 unspecified atom stereocenters. The quantitative estimate of drug-likeness (QED) is 0.578. The summed E-state index contributed by atoms with van der Waals surface area (Å²) < 4.78 is 10.7. The van der Waals surface area contributed by atoms with Crippen LogP contribution in [0.2, 0.25) is 0 Å². The van der Waals surface area contributed by atoms with E-state index in [1.54, 1.807) is 19.1 Å². The van der Waals surface area contributed by atoms with Crippen LogP contribution in [-0.4, -0.2) is 37.6 Å². The summed E-state index contributed by atoms with van der Waals surface area (Å²) in [5.74, 6) is 1.03. The van der Waals surface area contributed by atoms with E-state index >= 15 is 0 Å². The fourth-order valence-electron chi connectivity index (χ4n) is 5.06. The number of rotatable bonds is 5. The Balaban J connectivity index is 1.66. The molecule has 1 saturated heterocycles. The second-order valence-corrected chi connectivity index (χ2v) is 10.5. The minimum absolute atomic E-state index is 0.00153. The molecule has 0 radical (unpaired) electrons. The molecule has 0 N–H and O–H groups in total. The van der Waals surface area contributed by atoms with Gasteiger partial charge < -0.3 is 14.4 Å². The number of aryl methyl sites for hydroxylation is 1. The highest BCUT2D eigenvalue weighted by Gasteiger charge is 2.41. The molecule has 2 aromatic carbocycles. The number of ether oxygens (including phenoxy) is 2. The van der Waals surface area contributed by atoms with Crippen LogP contribution in [0.15, 0.2) is 30.3 Å². The first kappa shape index (κ1) is 23.1. The van der Waals surface area contributed by atoms with Crippen molar-refractivity contribution < 1.29 is 19.1 Å². The van der Waals surface area contributed by atoms with Crippen molar-refractivity contribution in [3.8, 4) is 11.5 Å². The average Bonchev–Trinajstić information content (AvgIpc) is 3.04. The summed E-state index contributed by atoms with van der Waals surface area (Å²) in [4.78, 5) is 29.4. The van der Waals surface area contributed by atoms with Gasteiger partial charge in [-0.15, -0.1) is 0 Å². The van der Waals surface area contributed by atoms with Gasteiger partial charge in [-0.2, -0.15) is 0 Å². The molecule has 4 rings (SSSR count). The van der Waals surface area contributed by atoms with Gasteiger partial charge in [0, 0.05) is 6.54 Å². The van der Waals surface area contributed by atoms with E-state index in [1.165, 1.54) is 16.0 Å². The van der Waals surface area contributed by atoms with Crippen molar-refractivity contribution in [3.63, 3.8) is 0 Å². The van der Waals surface area contributed by atoms with E-state index in [2.05, 4.69) is 39.8 Å². The second-order valence-electron chi connectivity index (χ2n) is 10.5. The molecule has 0 aromatic heterocycles. The molecular weight excluding hydrogens is 416 g/mol. The van der Waals surface area contributed by atoms with E-state index in [1.807, 2.05) is 25.1 Å². The van der Waals surface area contributed by atoms with E-state index in [0.717, 1.165) is 24.0 Å². The monoisotopic (exact) mass is 450 g/mol. The minimum Gasteiger partial charge on any atom is -0.493 e. The van der Waals surface area contributed by atoms with Gasteiger partial charge in [0.2, 0.25) is 0 Å². The molecule has 0 atom stereocenters. The van der Waals surface area contributed by atoms with Gasteiger partial charge in [-0.1, -0.05) is 39.8 Å². The number of nitrogens with zero attached hydrogens (tertiary/aromatic N) is 2. The van der Waals surface area contributed by atoms with Crippen LogP contribution < -0.4 is 14.4 Å². The van der Waals surface area contributed by atoms with E-state index in [-0.39, 0.29) is 29.3 Å². The molecule has 1 fully saturated rings. The standard InChI is InChI=1S/C27H34N2O4/c1-17-12-19-20(27(4,5)11-10-26(19,2)3)14-21(17)29-24(30)16-28(25(29)31)15-18-8-9-22(32-6)23(13-18)33-7/h8-9,12-14H,10-11,15-16H2,1-7H3. The fourth-order valence-corrected chi connectivity index (χ4v) is 5.06. The largest absolute Gasteiger partial charge is 0.493 e. The highest BCUT2D eigenvalue weighted by Crippen LogP contribution is 2.48. The van der Waals surface area contributed by atoms with Crippen LogP contribution in [0.3, 0.4) is 0 Å². The lowest BCUT2D eigenvalue weighted by Crippen LogP contribution is -2.36. The molecule has 6 heteroatoms. The van der Waals surface area contributed by atoms with Crippen molar-refractivity contribution in [1.82, 2.24) is 4.90 Å². The number of amides is 3. The molecule has 1 heterocycles. The zero-order valence-corrected chi connectivity index (χ0v) is 20.7. The molecule has 2 aliphatic rings. The number of fused-ring (bicyclic) bond motifs is 1. The molecule has 1 aliphatic carbocycles. The van der Waals surface area contributed by atoms with Gasteiger partial charge in [0.25, 0.3) is 5.91 Å². The first-order valence-electron chi connectivity index (χ1n) is 11.5. The topological polar surface area (TPSA) is 59.1 Å². The SMILES string of the molecule is COc1ccc(CN2CC(=O)N(c3cc4c(cc3C)C(C)(C)CCC4(C)C)C2=O)cc1OC. The lowest BCUT2D eigenvalue weighted by molar-refractivity contribution is -0.116. The summed E-state index contributed by atoms with van der Waals surface area (Å²) in [6.07, 6.45) is 2.19. The Bertz CT molecular complexity index is 1120. The number of hydrogen-bond acceptors (Lipinski definition) is 4. The third-order valence-corrected chi connectivity index (χ3v) is 7.27. The first-order chi connectivity index (χ1) is 15.5. The van der Waals surface area contributed by atoms with Crippen molar-refractivity contribution in [2.24, 2.45) is 0 Å². The molecule has 0 saturated carbocycles. The van der Waals surface area contributed by atoms with E-state index in [0.29, 0.717) is 23.7 Å². The number of methoxy groups -OCH3 is 2. The van der Waals surface area contributed by atoms with Gasteiger partial charge in [-0.05, 0) is 71.0 Å². The summed E-state index contributed by atoms with van der Waals surface area (Å²) in [5.41, 5.74) is 5.16. The second kappa shape index (κ2) is 8.08.